The standard InChI is InChI=1S/C21H26F3NO3/c22-21(23,24)18-8-4-3-7-17(18)19(26)25-11-9-14(10-12-25)13-15-5-1-2-6-16(15)20(27)28/h1-2,5-6,14,17-18H,3-4,7-13H2,(H,27,28). The molecule has 1 aromatic rings. The van der Waals surface area contributed by atoms with Crippen molar-refractivity contribution in [3.63, 3.8) is 0 Å². The number of hydrogen-bond acceptors (Lipinski definition) is 2. The predicted octanol–water partition coefficient (Wildman–Crippen LogP) is 4.53. The molecule has 1 saturated heterocycles. The van der Waals surface area contributed by atoms with E-state index in [0.717, 1.165) is 5.56 Å². The van der Waals surface area contributed by atoms with Crippen LogP contribution in [0.15, 0.2) is 24.3 Å². The summed E-state index contributed by atoms with van der Waals surface area (Å²) >= 11 is 0. The molecule has 28 heavy (non-hydrogen) atoms. The molecule has 0 radical (unpaired) electrons. The van der Waals surface area contributed by atoms with Gasteiger partial charge in [0.2, 0.25) is 5.91 Å². The normalized spacial score (nSPS) is 24.2. The lowest BCUT2D eigenvalue weighted by Gasteiger charge is -2.38. The maximum Gasteiger partial charge on any atom is 0.392 e. The second-order valence-corrected chi connectivity index (χ2v) is 7.97. The second kappa shape index (κ2) is 8.53. The van der Waals surface area contributed by atoms with Gasteiger partial charge in [0.25, 0.3) is 0 Å². The van der Waals surface area contributed by atoms with Crippen LogP contribution in [0, 0.1) is 17.8 Å². The average Bonchev–Trinajstić information content (AvgIpc) is 2.67. The van der Waals surface area contributed by atoms with E-state index in [1.54, 1.807) is 29.2 Å². The topological polar surface area (TPSA) is 57.6 Å². The van der Waals surface area contributed by atoms with E-state index in [-0.39, 0.29) is 23.8 Å². The van der Waals surface area contributed by atoms with E-state index in [2.05, 4.69) is 0 Å². The summed E-state index contributed by atoms with van der Waals surface area (Å²) in [6.45, 7) is 0.889. The Labute approximate surface area is 162 Å². The molecular weight excluding hydrogens is 371 g/mol. The van der Waals surface area contributed by atoms with E-state index in [1.807, 2.05) is 0 Å². The maximum absolute atomic E-state index is 13.3. The summed E-state index contributed by atoms with van der Waals surface area (Å²) in [4.78, 5) is 25.7. The minimum atomic E-state index is -4.32. The number of amides is 1. The van der Waals surface area contributed by atoms with Crippen LogP contribution in [-0.2, 0) is 11.2 Å². The van der Waals surface area contributed by atoms with E-state index >= 15 is 0 Å². The highest BCUT2D eigenvalue weighted by atomic mass is 19.4. The molecule has 154 valence electrons. The van der Waals surface area contributed by atoms with Crippen molar-refractivity contribution in [3.8, 4) is 0 Å². The molecular formula is C21H26F3NO3. The third-order valence-corrected chi connectivity index (χ3v) is 6.19. The summed E-state index contributed by atoms with van der Waals surface area (Å²) in [7, 11) is 0. The molecule has 1 aliphatic carbocycles. The first-order valence-electron chi connectivity index (χ1n) is 9.94. The van der Waals surface area contributed by atoms with Gasteiger partial charge in [-0.1, -0.05) is 31.0 Å². The Balaban J connectivity index is 1.59. The van der Waals surface area contributed by atoms with Crippen molar-refractivity contribution in [2.75, 3.05) is 13.1 Å². The minimum Gasteiger partial charge on any atom is -0.478 e. The van der Waals surface area contributed by atoms with Gasteiger partial charge >= 0.3 is 12.1 Å². The number of likely N-dealkylation sites (tertiary alicyclic amines) is 1. The number of nitrogens with zero attached hydrogens (tertiary/aromatic N) is 1. The Morgan fingerprint density at radius 1 is 1.04 bits per heavy atom. The van der Waals surface area contributed by atoms with Gasteiger partial charge in [-0.05, 0) is 49.7 Å². The van der Waals surface area contributed by atoms with E-state index in [0.29, 0.717) is 51.6 Å². The second-order valence-electron chi connectivity index (χ2n) is 7.97. The Morgan fingerprint density at radius 2 is 1.68 bits per heavy atom. The number of carbonyl (C=O) groups excluding carboxylic acids is 1. The molecule has 2 atom stereocenters. The monoisotopic (exact) mass is 397 g/mol. The highest BCUT2D eigenvalue weighted by Gasteiger charge is 2.49. The fourth-order valence-corrected chi connectivity index (χ4v) is 4.63. The molecule has 3 rings (SSSR count). The number of halogens is 3. The molecule has 1 amide bonds. The number of alkyl halides is 3. The van der Waals surface area contributed by atoms with Crippen LogP contribution in [0.1, 0.15) is 54.4 Å². The third-order valence-electron chi connectivity index (χ3n) is 6.19. The van der Waals surface area contributed by atoms with Crippen LogP contribution in [0.4, 0.5) is 13.2 Å². The number of carbonyl (C=O) groups is 2. The molecule has 7 heteroatoms. The van der Waals surface area contributed by atoms with E-state index in [1.165, 1.54) is 0 Å². The zero-order valence-electron chi connectivity index (χ0n) is 15.8. The molecule has 0 aromatic heterocycles. The zero-order chi connectivity index (χ0) is 20.3. The van der Waals surface area contributed by atoms with Crippen molar-refractivity contribution in [1.29, 1.82) is 0 Å². The molecule has 1 heterocycles. The van der Waals surface area contributed by atoms with Crippen molar-refractivity contribution in [1.82, 2.24) is 4.90 Å². The van der Waals surface area contributed by atoms with Crippen LogP contribution < -0.4 is 0 Å². The van der Waals surface area contributed by atoms with Gasteiger partial charge in [0.15, 0.2) is 0 Å². The lowest BCUT2D eigenvalue weighted by Crippen LogP contribution is -2.47. The van der Waals surface area contributed by atoms with Crippen LogP contribution in [0.3, 0.4) is 0 Å². The van der Waals surface area contributed by atoms with Gasteiger partial charge in [0, 0.05) is 19.0 Å². The molecule has 2 fully saturated rings. The van der Waals surface area contributed by atoms with Crippen LogP contribution in [-0.4, -0.2) is 41.1 Å². The summed E-state index contributed by atoms with van der Waals surface area (Å²) in [6.07, 6.45) is -0.785. The van der Waals surface area contributed by atoms with Crippen LogP contribution in [0.2, 0.25) is 0 Å². The zero-order valence-corrected chi connectivity index (χ0v) is 15.8. The number of benzene rings is 1. The fourth-order valence-electron chi connectivity index (χ4n) is 4.63. The number of carboxylic acids is 1. The Bertz CT molecular complexity index is 711. The SMILES string of the molecule is O=C(O)c1ccccc1CC1CCN(C(=O)C2CCCCC2C(F)(F)F)CC1. The number of piperidine rings is 1. The van der Waals surface area contributed by atoms with Crippen molar-refractivity contribution >= 4 is 11.9 Å². The molecule has 0 bridgehead atoms. The van der Waals surface area contributed by atoms with Gasteiger partial charge < -0.3 is 10.0 Å². The number of hydrogen-bond donors (Lipinski definition) is 1. The molecule has 1 aliphatic heterocycles. The number of carboxylic acid groups (broad SMARTS) is 1. The van der Waals surface area contributed by atoms with Gasteiger partial charge in [-0.15, -0.1) is 0 Å². The van der Waals surface area contributed by atoms with E-state index in [9.17, 15) is 27.9 Å². The molecule has 0 spiro atoms. The molecule has 2 aliphatic rings. The van der Waals surface area contributed by atoms with Crippen molar-refractivity contribution < 1.29 is 27.9 Å². The van der Waals surface area contributed by atoms with Crippen molar-refractivity contribution in [2.24, 2.45) is 17.8 Å². The first kappa shape index (κ1) is 20.7. The van der Waals surface area contributed by atoms with Gasteiger partial charge in [0.1, 0.15) is 0 Å². The maximum atomic E-state index is 13.3. The van der Waals surface area contributed by atoms with E-state index in [4.69, 9.17) is 0 Å². The lowest BCUT2D eigenvalue weighted by atomic mass is 9.77. The van der Waals surface area contributed by atoms with Crippen LogP contribution in [0.5, 0.6) is 0 Å². The molecule has 2 unspecified atom stereocenters. The fraction of sp³-hybridized carbons (Fsp3) is 0.619. The summed E-state index contributed by atoms with van der Waals surface area (Å²) in [5.74, 6) is -3.55. The van der Waals surface area contributed by atoms with Gasteiger partial charge in [0.05, 0.1) is 11.5 Å². The Kier molecular flexibility index (Phi) is 6.30. The highest BCUT2D eigenvalue weighted by Crippen LogP contribution is 2.42. The molecule has 4 nitrogen and oxygen atoms in total. The van der Waals surface area contributed by atoms with Crippen molar-refractivity contribution in [2.45, 2.75) is 51.1 Å². The van der Waals surface area contributed by atoms with Gasteiger partial charge in [-0.2, -0.15) is 13.2 Å². The Hall–Kier alpha value is -2.05. The first-order chi connectivity index (χ1) is 13.3. The first-order valence-corrected chi connectivity index (χ1v) is 9.94. The minimum absolute atomic E-state index is 0.0440. The largest absolute Gasteiger partial charge is 0.478 e. The highest BCUT2D eigenvalue weighted by molar-refractivity contribution is 5.89. The Morgan fingerprint density at radius 3 is 2.32 bits per heavy atom. The predicted molar refractivity (Wildman–Crippen MR) is 97.9 cm³/mol. The van der Waals surface area contributed by atoms with Crippen LogP contribution in [0.25, 0.3) is 0 Å². The summed E-state index contributed by atoms with van der Waals surface area (Å²) in [6, 6.07) is 6.88. The summed E-state index contributed by atoms with van der Waals surface area (Å²) in [5.41, 5.74) is 1.06. The molecule has 1 saturated carbocycles. The summed E-state index contributed by atoms with van der Waals surface area (Å²) < 4.78 is 39.9. The van der Waals surface area contributed by atoms with Gasteiger partial charge in [-0.25, -0.2) is 4.79 Å². The lowest BCUT2D eigenvalue weighted by molar-refractivity contribution is -0.201. The van der Waals surface area contributed by atoms with Crippen molar-refractivity contribution in [3.05, 3.63) is 35.4 Å². The molecule has 1 N–H and O–H groups in total. The third kappa shape index (κ3) is 4.67. The quantitative estimate of drug-likeness (QED) is 0.812. The van der Waals surface area contributed by atoms with Crippen LogP contribution >= 0.6 is 0 Å². The number of aromatic carboxylic acids is 1. The summed E-state index contributed by atoms with van der Waals surface area (Å²) in [5, 5.41) is 9.30. The van der Waals surface area contributed by atoms with E-state index < -0.39 is 24.0 Å². The number of rotatable bonds is 4. The average molecular weight is 397 g/mol. The van der Waals surface area contributed by atoms with Gasteiger partial charge in [-0.3, -0.25) is 4.79 Å². The molecule has 1 aromatic carbocycles. The smallest absolute Gasteiger partial charge is 0.392 e.